The van der Waals surface area contributed by atoms with Gasteiger partial charge in [-0.25, -0.2) is 0 Å². The Hall–Kier alpha value is -1.84. The van der Waals surface area contributed by atoms with Gasteiger partial charge in [-0.1, -0.05) is 42.5 Å². The monoisotopic (exact) mass is 272 g/mol. The van der Waals surface area contributed by atoms with Gasteiger partial charge in [0.05, 0.1) is 6.61 Å². The van der Waals surface area contributed by atoms with E-state index in [0.29, 0.717) is 13.0 Å². The second-order valence-electron chi connectivity index (χ2n) is 4.63. The molecule has 2 aromatic carbocycles. The van der Waals surface area contributed by atoms with E-state index in [-0.39, 0.29) is 0 Å². The minimum atomic E-state index is -0.757. The van der Waals surface area contributed by atoms with Crippen molar-refractivity contribution in [1.82, 2.24) is 0 Å². The zero-order chi connectivity index (χ0) is 14.2. The van der Waals surface area contributed by atoms with Crippen LogP contribution in [0, 0.1) is 0 Å². The Morgan fingerprint density at radius 3 is 2.25 bits per heavy atom. The lowest BCUT2D eigenvalue weighted by molar-refractivity contribution is -0.0834. The maximum atomic E-state index is 9.24. The molecule has 1 atom stereocenters. The number of methoxy groups -OCH3 is 1. The summed E-state index contributed by atoms with van der Waals surface area (Å²) in [6.07, 6.45) is 0.624. The van der Waals surface area contributed by atoms with Gasteiger partial charge in [0.1, 0.15) is 5.75 Å². The molecule has 20 heavy (non-hydrogen) atoms. The molecule has 0 aliphatic carbocycles. The molecule has 2 aromatic rings. The molecule has 0 saturated heterocycles. The summed E-state index contributed by atoms with van der Waals surface area (Å²) in [5.74, 6) is 0.810. The largest absolute Gasteiger partial charge is 0.493 e. The predicted molar refractivity (Wildman–Crippen MR) is 78.8 cm³/mol. The fourth-order valence-corrected chi connectivity index (χ4v) is 1.93. The first-order valence-electron chi connectivity index (χ1n) is 6.74. The van der Waals surface area contributed by atoms with Gasteiger partial charge in [-0.05, 0) is 29.7 Å². The van der Waals surface area contributed by atoms with E-state index in [9.17, 15) is 5.11 Å². The van der Waals surface area contributed by atoms with Gasteiger partial charge in [0.25, 0.3) is 0 Å². The maximum Gasteiger partial charge on any atom is 0.157 e. The molecule has 2 rings (SSSR count). The van der Waals surface area contributed by atoms with Crippen molar-refractivity contribution in [3.63, 3.8) is 0 Å². The predicted octanol–water partition coefficient (Wildman–Crippen LogP) is 3.01. The zero-order valence-electron chi connectivity index (χ0n) is 11.7. The van der Waals surface area contributed by atoms with Gasteiger partial charge in [0.2, 0.25) is 0 Å². The molecule has 106 valence electrons. The Labute approximate surface area is 119 Å². The van der Waals surface area contributed by atoms with Gasteiger partial charge in [-0.3, -0.25) is 0 Å². The summed E-state index contributed by atoms with van der Waals surface area (Å²) in [5, 5.41) is 9.24. The van der Waals surface area contributed by atoms with Crippen molar-refractivity contribution >= 4 is 0 Å². The molecule has 0 fully saturated rings. The molecule has 0 bridgehead atoms. The number of benzene rings is 2. The van der Waals surface area contributed by atoms with Crippen LogP contribution in [0.4, 0.5) is 0 Å². The maximum absolute atomic E-state index is 9.24. The van der Waals surface area contributed by atoms with E-state index in [1.807, 2.05) is 30.3 Å². The fraction of sp³-hybridized carbons (Fsp3) is 0.294. The van der Waals surface area contributed by atoms with Crippen LogP contribution in [0.3, 0.4) is 0 Å². The Bertz CT molecular complexity index is 493. The average Bonchev–Trinajstić information content (AvgIpc) is 2.50. The van der Waals surface area contributed by atoms with Crippen molar-refractivity contribution in [3.8, 4) is 5.75 Å². The van der Waals surface area contributed by atoms with E-state index in [4.69, 9.17) is 9.47 Å². The van der Waals surface area contributed by atoms with Crippen LogP contribution in [0.25, 0.3) is 0 Å². The lowest BCUT2D eigenvalue weighted by atomic mass is 10.1. The Morgan fingerprint density at radius 1 is 0.950 bits per heavy atom. The third kappa shape index (κ3) is 4.68. The van der Waals surface area contributed by atoms with Gasteiger partial charge in [-0.2, -0.15) is 0 Å². The van der Waals surface area contributed by atoms with Crippen LogP contribution in [0.15, 0.2) is 54.6 Å². The third-order valence-electron chi connectivity index (χ3n) is 3.08. The summed E-state index contributed by atoms with van der Waals surface area (Å²) in [5.41, 5.74) is 2.55. The van der Waals surface area contributed by atoms with Gasteiger partial charge >= 0.3 is 0 Å². The van der Waals surface area contributed by atoms with Crippen LogP contribution >= 0.6 is 0 Å². The molecule has 3 heteroatoms. The number of aliphatic hydroxyl groups is 1. The normalized spacial score (nSPS) is 12.1. The molecule has 0 radical (unpaired) electrons. The van der Waals surface area contributed by atoms with Crippen molar-refractivity contribution < 1.29 is 14.6 Å². The molecule has 3 nitrogen and oxygen atoms in total. The van der Waals surface area contributed by atoms with Crippen LogP contribution < -0.4 is 4.74 Å². The molecule has 0 aromatic heterocycles. The quantitative estimate of drug-likeness (QED) is 0.787. The molecular formula is C17H20O3. The number of ether oxygens (including phenoxy) is 2. The molecule has 0 spiro atoms. The Kier molecular flexibility index (Phi) is 5.59. The van der Waals surface area contributed by atoms with Gasteiger partial charge in [0.15, 0.2) is 6.29 Å². The highest BCUT2D eigenvalue weighted by Gasteiger charge is 2.02. The van der Waals surface area contributed by atoms with Crippen molar-refractivity contribution in [2.24, 2.45) is 0 Å². The Balaban J connectivity index is 1.84. The van der Waals surface area contributed by atoms with Gasteiger partial charge < -0.3 is 14.6 Å². The number of rotatable bonds is 7. The fourth-order valence-electron chi connectivity index (χ4n) is 1.93. The summed E-state index contributed by atoms with van der Waals surface area (Å²) in [7, 11) is 1.48. The number of aliphatic hydroxyl groups excluding tert-OH is 1. The number of hydrogen-bond donors (Lipinski definition) is 1. The minimum Gasteiger partial charge on any atom is -0.493 e. The van der Waals surface area contributed by atoms with Crippen molar-refractivity contribution in [1.29, 1.82) is 0 Å². The molecule has 1 unspecified atom stereocenters. The highest BCUT2D eigenvalue weighted by molar-refractivity contribution is 5.31. The third-order valence-corrected chi connectivity index (χ3v) is 3.08. The molecule has 0 heterocycles. The van der Waals surface area contributed by atoms with E-state index in [0.717, 1.165) is 12.2 Å². The SMILES string of the molecule is COC(O)CCOc1ccc(Cc2ccccc2)cc1. The molecule has 0 saturated carbocycles. The van der Waals surface area contributed by atoms with E-state index in [1.54, 1.807) is 0 Å². The van der Waals surface area contributed by atoms with E-state index in [2.05, 4.69) is 24.3 Å². The second kappa shape index (κ2) is 7.68. The highest BCUT2D eigenvalue weighted by Crippen LogP contribution is 2.15. The minimum absolute atomic E-state index is 0.438. The van der Waals surface area contributed by atoms with Crippen LogP contribution in [0.1, 0.15) is 17.5 Å². The van der Waals surface area contributed by atoms with E-state index >= 15 is 0 Å². The smallest absolute Gasteiger partial charge is 0.157 e. The lowest BCUT2D eigenvalue weighted by Crippen LogP contribution is -2.13. The Morgan fingerprint density at radius 2 is 1.60 bits per heavy atom. The zero-order valence-corrected chi connectivity index (χ0v) is 11.7. The summed E-state index contributed by atoms with van der Waals surface area (Å²) in [6.45, 7) is 0.438. The summed E-state index contributed by atoms with van der Waals surface area (Å²) in [4.78, 5) is 0. The van der Waals surface area contributed by atoms with Crippen LogP contribution in [0.5, 0.6) is 5.75 Å². The van der Waals surface area contributed by atoms with Gasteiger partial charge in [-0.15, -0.1) is 0 Å². The van der Waals surface area contributed by atoms with Crippen LogP contribution in [-0.2, 0) is 11.2 Å². The van der Waals surface area contributed by atoms with Gasteiger partial charge in [0, 0.05) is 13.5 Å². The number of hydrogen-bond acceptors (Lipinski definition) is 3. The molecule has 0 aliphatic heterocycles. The topological polar surface area (TPSA) is 38.7 Å². The molecule has 0 amide bonds. The standard InChI is InChI=1S/C17H20O3/c1-19-17(18)11-12-20-16-9-7-15(8-10-16)13-14-5-3-2-4-6-14/h2-10,17-18H,11-13H2,1H3. The summed E-state index contributed by atoms with van der Waals surface area (Å²) in [6, 6.07) is 18.4. The van der Waals surface area contributed by atoms with Crippen molar-refractivity contribution in [2.45, 2.75) is 19.1 Å². The molecule has 1 N–H and O–H groups in total. The van der Waals surface area contributed by atoms with E-state index < -0.39 is 6.29 Å². The molecule has 0 aliphatic rings. The molecular weight excluding hydrogens is 252 g/mol. The lowest BCUT2D eigenvalue weighted by Gasteiger charge is -2.10. The summed E-state index contributed by atoms with van der Waals surface area (Å²) >= 11 is 0. The first-order chi connectivity index (χ1) is 9.78. The van der Waals surface area contributed by atoms with Crippen LogP contribution in [-0.4, -0.2) is 25.1 Å². The van der Waals surface area contributed by atoms with Crippen molar-refractivity contribution in [2.75, 3.05) is 13.7 Å². The van der Waals surface area contributed by atoms with Crippen molar-refractivity contribution in [3.05, 3.63) is 65.7 Å². The van der Waals surface area contributed by atoms with Crippen LogP contribution in [0.2, 0.25) is 0 Å². The summed E-state index contributed by atoms with van der Waals surface area (Å²) < 4.78 is 10.3. The second-order valence-corrected chi connectivity index (χ2v) is 4.63. The average molecular weight is 272 g/mol. The highest BCUT2D eigenvalue weighted by atomic mass is 16.6. The van der Waals surface area contributed by atoms with E-state index in [1.165, 1.54) is 18.2 Å². The first kappa shape index (κ1) is 14.6. The first-order valence-corrected chi connectivity index (χ1v) is 6.74.